The maximum atomic E-state index is 5.74. The molecule has 0 saturated carbocycles. The van der Waals surface area contributed by atoms with E-state index in [1.807, 2.05) is 18.2 Å². The normalized spacial score (nSPS) is 10.6. The topological polar surface area (TPSA) is 48.1 Å². The summed E-state index contributed by atoms with van der Waals surface area (Å²) >= 11 is 0. The van der Waals surface area contributed by atoms with E-state index in [2.05, 4.69) is 11.1 Å². The zero-order chi connectivity index (χ0) is 9.97. The van der Waals surface area contributed by atoms with Gasteiger partial charge in [-0.15, -0.1) is 0 Å². The van der Waals surface area contributed by atoms with Crippen LogP contribution in [-0.4, -0.2) is 12.1 Å². The minimum absolute atomic E-state index is 0.575. The zero-order valence-electron chi connectivity index (χ0n) is 8.03. The molecule has 0 bridgehead atoms. The molecule has 0 aliphatic carbocycles. The van der Waals surface area contributed by atoms with E-state index >= 15 is 0 Å². The van der Waals surface area contributed by atoms with Gasteiger partial charge in [0.05, 0.1) is 6.61 Å². The second kappa shape index (κ2) is 3.64. The molecule has 0 spiro atoms. The SMILES string of the molecule is COCc1ccc2c(N)nccc2c1. The first-order valence-corrected chi connectivity index (χ1v) is 4.43. The predicted octanol–water partition coefficient (Wildman–Crippen LogP) is 1.96. The summed E-state index contributed by atoms with van der Waals surface area (Å²) in [5.41, 5.74) is 6.88. The Morgan fingerprint density at radius 3 is 3.00 bits per heavy atom. The molecule has 0 atom stereocenters. The van der Waals surface area contributed by atoms with Crippen molar-refractivity contribution in [2.24, 2.45) is 0 Å². The largest absolute Gasteiger partial charge is 0.383 e. The van der Waals surface area contributed by atoms with Crippen LogP contribution in [0.15, 0.2) is 30.5 Å². The molecule has 0 fully saturated rings. The van der Waals surface area contributed by atoms with E-state index in [-0.39, 0.29) is 0 Å². The number of pyridine rings is 1. The number of anilines is 1. The Balaban J connectivity index is 2.56. The van der Waals surface area contributed by atoms with Gasteiger partial charge in [-0.1, -0.05) is 12.1 Å². The number of nitrogens with zero attached hydrogens (tertiary/aromatic N) is 1. The third kappa shape index (κ3) is 1.54. The summed E-state index contributed by atoms with van der Waals surface area (Å²) in [7, 11) is 1.69. The monoisotopic (exact) mass is 188 g/mol. The molecule has 72 valence electrons. The van der Waals surface area contributed by atoms with Crippen LogP contribution in [0.3, 0.4) is 0 Å². The van der Waals surface area contributed by atoms with Crippen molar-refractivity contribution < 1.29 is 4.74 Å². The fourth-order valence-corrected chi connectivity index (χ4v) is 1.51. The predicted molar refractivity (Wildman–Crippen MR) is 56.9 cm³/mol. The maximum absolute atomic E-state index is 5.74. The first kappa shape index (κ1) is 8.97. The van der Waals surface area contributed by atoms with Crippen molar-refractivity contribution in [1.29, 1.82) is 0 Å². The lowest BCUT2D eigenvalue weighted by Crippen LogP contribution is -1.92. The molecule has 2 aromatic rings. The molecule has 1 aromatic carbocycles. The minimum Gasteiger partial charge on any atom is -0.383 e. The van der Waals surface area contributed by atoms with Gasteiger partial charge in [0.25, 0.3) is 0 Å². The van der Waals surface area contributed by atoms with Crippen molar-refractivity contribution in [1.82, 2.24) is 4.98 Å². The van der Waals surface area contributed by atoms with Crippen LogP contribution >= 0.6 is 0 Å². The zero-order valence-corrected chi connectivity index (χ0v) is 8.03. The van der Waals surface area contributed by atoms with E-state index in [1.165, 1.54) is 0 Å². The average molecular weight is 188 g/mol. The number of hydrogen-bond donors (Lipinski definition) is 1. The fraction of sp³-hybridized carbons (Fsp3) is 0.182. The van der Waals surface area contributed by atoms with Gasteiger partial charge < -0.3 is 10.5 Å². The van der Waals surface area contributed by atoms with E-state index < -0.39 is 0 Å². The van der Waals surface area contributed by atoms with Gasteiger partial charge in [-0.2, -0.15) is 0 Å². The highest BCUT2D eigenvalue weighted by molar-refractivity contribution is 5.91. The van der Waals surface area contributed by atoms with E-state index in [0.717, 1.165) is 16.3 Å². The van der Waals surface area contributed by atoms with Crippen molar-refractivity contribution in [2.75, 3.05) is 12.8 Å². The van der Waals surface area contributed by atoms with Crippen molar-refractivity contribution in [2.45, 2.75) is 6.61 Å². The molecule has 1 heterocycles. The number of hydrogen-bond acceptors (Lipinski definition) is 3. The highest BCUT2D eigenvalue weighted by atomic mass is 16.5. The number of nitrogen functional groups attached to an aromatic ring is 1. The van der Waals surface area contributed by atoms with Crippen LogP contribution in [0.2, 0.25) is 0 Å². The quantitative estimate of drug-likeness (QED) is 0.783. The molecule has 0 aliphatic heterocycles. The van der Waals surface area contributed by atoms with Gasteiger partial charge in [0.15, 0.2) is 0 Å². The van der Waals surface area contributed by atoms with Crippen LogP contribution in [0, 0.1) is 0 Å². The van der Waals surface area contributed by atoms with Crippen LogP contribution in [0.4, 0.5) is 5.82 Å². The van der Waals surface area contributed by atoms with Gasteiger partial charge in [-0.05, 0) is 23.1 Å². The lowest BCUT2D eigenvalue weighted by molar-refractivity contribution is 0.185. The number of benzene rings is 1. The van der Waals surface area contributed by atoms with Gasteiger partial charge in [-0.25, -0.2) is 4.98 Å². The van der Waals surface area contributed by atoms with Crippen LogP contribution in [-0.2, 0) is 11.3 Å². The molecular formula is C11H12N2O. The van der Waals surface area contributed by atoms with E-state index in [9.17, 15) is 0 Å². The summed E-state index contributed by atoms with van der Waals surface area (Å²) in [4.78, 5) is 4.03. The number of nitrogens with two attached hydrogens (primary N) is 1. The first-order valence-electron chi connectivity index (χ1n) is 4.43. The number of methoxy groups -OCH3 is 1. The summed E-state index contributed by atoms with van der Waals surface area (Å²) < 4.78 is 5.06. The second-order valence-electron chi connectivity index (χ2n) is 3.18. The summed E-state index contributed by atoms with van der Waals surface area (Å²) in [5.74, 6) is 0.575. The van der Waals surface area contributed by atoms with Crippen LogP contribution in [0.5, 0.6) is 0 Å². The Morgan fingerprint density at radius 1 is 1.36 bits per heavy atom. The lowest BCUT2D eigenvalue weighted by Gasteiger charge is -2.03. The fourth-order valence-electron chi connectivity index (χ4n) is 1.51. The highest BCUT2D eigenvalue weighted by Crippen LogP contribution is 2.19. The molecule has 0 amide bonds. The second-order valence-corrected chi connectivity index (χ2v) is 3.18. The van der Waals surface area contributed by atoms with Gasteiger partial charge in [-0.3, -0.25) is 0 Å². The van der Waals surface area contributed by atoms with Crippen molar-refractivity contribution >= 4 is 16.6 Å². The summed E-state index contributed by atoms with van der Waals surface area (Å²) in [6.07, 6.45) is 1.72. The van der Waals surface area contributed by atoms with E-state index in [0.29, 0.717) is 12.4 Å². The van der Waals surface area contributed by atoms with Gasteiger partial charge in [0.2, 0.25) is 0 Å². The summed E-state index contributed by atoms with van der Waals surface area (Å²) in [5, 5.41) is 2.10. The molecule has 2 rings (SSSR count). The lowest BCUT2D eigenvalue weighted by atomic mass is 10.1. The van der Waals surface area contributed by atoms with E-state index in [4.69, 9.17) is 10.5 Å². The van der Waals surface area contributed by atoms with Gasteiger partial charge in [0.1, 0.15) is 5.82 Å². The molecule has 0 radical (unpaired) electrons. The Labute approximate surface area is 82.5 Å². The molecule has 0 unspecified atom stereocenters. The van der Waals surface area contributed by atoms with Gasteiger partial charge in [0, 0.05) is 18.7 Å². The average Bonchev–Trinajstić information content (AvgIpc) is 2.18. The van der Waals surface area contributed by atoms with E-state index in [1.54, 1.807) is 13.3 Å². The van der Waals surface area contributed by atoms with Crippen LogP contribution in [0.1, 0.15) is 5.56 Å². The molecule has 2 N–H and O–H groups in total. The Bertz CT molecular complexity index is 454. The third-order valence-corrected chi connectivity index (χ3v) is 2.17. The smallest absolute Gasteiger partial charge is 0.131 e. The van der Waals surface area contributed by atoms with Crippen LogP contribution < -0.4 is 5.73 Å². The molecule has 3 heteroatoms. The molecular weight excluding hydrogens is 176 g/mol. The van der Waals surface area contributed by atoms with Crippen LogP contribution in [0.25, 0.3) is 10.8 Å². The molecule has 0 saturated heterocycles. The molecule has 0 aliphatic rings. The Morgan fingerprint density at radius 2 is 2.21 bits per heavy atom. The summed E-state index contributed by atoms with van der Waals surface area (Å²) in [6, 6.07) is 8.00. The van der Waals surface area contributed by atoms with Crippen molar-refractivity contribution in [3.8, 4) is 0 Å². The number of aromatic nitrogens is 1. The standard InChI is InChI=1S/C11H12N2O/c1-14-7-8-2-3-10-9(6-8)4-5-13-11(10)12/h2-6H,7H2,1H3,(H2,12,13). The molecule has 1 aromatic heterocycles. The maximum Gasteiger partial charge on any atom is 0.131 e. The number of fused-ring (bicyclic) bond motifs is 1. The molecule has 14 heavy (non-hydrogen) atoms. The Hall–Kier alpha value is -1.61. The number of rotatable bonds is 2. The van der Waals surface area contributed by atoms with Crippen molar-refractivity contribution in [3.05, 3.63) is 36.0 Å². The Kier molecular flexibility index (Phi) is 2.33. The van der Waals surface area contributed by atoms with Crippen molar-refractivity contribution in [3.63, 3.8) is 0 Å². The highest BCUT2D eigenvalue weighted by Gasteiger charge is 1.99. The minimum atomic E-state index is 0.575. The first-order chi connectivity index (χ1) is 6.81. The number of ether oxygens (including phenoxy) is 1. The van der Waals surface area contributed by atoms with Gasteiger partial charge >= 0.3 is 0 Å². The third-order valence-electron chi connectivity index (χ3n) is 2.17. The molecule has 3 nitrogen and oxygen atoms in total. The summed E-state index contributed by atoms with van der Waals surface area (Å²) in [6.45, 7) is 0.623.